The Bertz CT molecular complexity index is 461. The van der Waals surface area contributed by atoms with Gasteiger partial charge >= 0.3 is 12.4 Å². The first-order valence-corrected chi connectivity index (χ1v) is 4.43. The molecule has 0 unspecified atom stereocenters. The highest BCUT2D eigenvalue weighted by Gasteiger charge is 2.39. The topological polar surface area (TPSA) is 26.3 Å². The predicted octanol–water partition coefficient (Wildman–Crippen LogP) is 3.55. The highest BCUT2D eigenvalue weighted by Crippen LogP contribution is 2.40. The Morgan fingerprint density at radius 1 is 1.06 bits per heavy atom. The van der Waals surface area contributed by atoms with Crippen molar-refractivity contribution < 1.29 is 35.9 Å². The van der Waals surface area contributed by atoms with Crippen LogP contribution in [0.4, 0.5) is 26.3 Å². The van der Waals surface area contributed by atoms with Crippen LogP contribution in [0, 0.1) is 0 Å². The Morgan fingerprint density at radius 3 is 1.94 bits per heavy atom. The first-order chi connectivity index (χ1) is 8.11. The number of methoxy groups -OCH3 is 1. The van der Waals surface area contributed by atoms with Crippen molar-refractivity contribution in [2.24, 2.45) is 0 Å². The number of hydrogen-bond acceptors (Lipinski definition) is 2. The number of carbonyl (C=O) groups is 1. The van der Waals surface area contributed by atoms with E-state index in [0.29, 0.717) is 6.07 Å². The fourth-order valence-electron chi connectivity index (χ4n) is 1.32. The van der Waals surface area contributed by atoms with Gasteiger partial charge < -0.3 is 4.74 Å². The highest BCUT2D eigenvalue weighted by molar-refractivity contribution is 5.82. The van der Waals surface area contributed by atoms with Gasteiger partial charge in [0.15, 0.2) is 6.29 Å². The van der Waals surface area contributed by atoms with Gasteiger partial charge in [0, 0.05) is 0 Å². The van der Waals surface area contributed by atoms with E-state index >= 15 is 0 Å². The van der Waals surface area contributed by atoms with E-state index < -0.39 is 34.8 Å². The first-order valence-electron chi connectivity index (χ1n) is 4.43. The molecule has 18 heavy (non-hydrogen) atoms. The molecule has 0 spiro atoms. The maximum atomic E-state index is 12.5. The number of ether oxygens (including phenoxy) is 1. The van der Waals surface area contributed by atoms with Crippen LogP contribution in [0.1, 0.15) is 21.5 Å². The molecule has 0 fully saturated rings. The number of alkyl halides is 6. The summed E-state index contributed by atoms with van der Waals surface area (Å²) in [5, 5.41) is 0. The smallest absolute Gasteiger partial charge is 0.417 e. The summed E-state index contributed by atoms with van der Waals surface area (Å²) in [5.74, 6) is -0.771. The quantitative estimate of drug-likeness (QED) is 0.608. The van der Waals surface area contributed by atoms with Crippen molar-refractivity contribution in [1.82, 2.24) is 0 Å². The Hall–Kier alpha value is -1.73. The summed E-state index contributed by atoms with van der Waals surface area (Å²) in [7, 11) is 0.878. The maximum Gasteiger partial charge on any atom is 0.417 e. The van der Waals surface area contributed by atoms with Crippen molar-refractivity contribution in [3.05, 3.63) is 28.8 Å². The summed E-state index contributed by atoms with van der Waals surface area (Å²) < 4.78 is 79.2. The molecule has 100 valence electrons. The van der Waals surface area contributed by atoms with E-state index in [2.05, 4.69) is 4.74 Å². The van der Waals surface area contributed by atoms with Crippen LogP contribution in [-0.4, -0.2) is 13.4 Å². The van der Waals surface area contributed by atoms with Crippen molar-refractivity contribution in [2.45, 2.75) is 12.4 Å². The molecular weight excluding hydrogens is 266 g/mol. The molecule has 0 bridgehead atoms. The number of benzene rings is 1. The molecule has 0 saturated carbocycles. The van der Waals surface area contributed by atoms with E-state index in [0.717, 1.165) is 7.11 Å². The third-order valence-corrected chi connectivity index (χ3v) is 2.11. The normalized spacial score (nSPS) is 12.4. The van der Waals surface area contributed by atoms with Gasteiger partial charge in [-0.1, -0.05) is 0 Å². The number of rotatable bonds is 2. The summed E-state index contributed by atoms with van der Waals surface area (Å²) in [6.45, 7) is 0. The molecule has 0 heterocycles. The van der Waals surface area contributed by atoms with Crippen molar-refractivity contribution >= 4 is 6.29 Å². The standard InChI is InChI=1S/C10H6F6O2/c1-18-8-3-5(9(11,12)13)2-7(6(8)4-17)10(14,15)16/h2-4H,1H3. The average Bonchev–Trinajstić information content (AvgIpc) is 2.24. The van der Waals surface area contributed by atoms with Crippen LogP contribution in [0.25, 0.3) is 0 Å². The summed E-state index contributed by atoms with van der Waals surface area (Å²) in [6.07, 6.45) is -10.2. The minimum atomic E-state index is -5.08. The Kier molecular flexibility index (Phi) is 3.59. The Morgan fingerprint density at radius 2 is 1.61 bits per heavy atom. The second-order valence-corrected chi connectivity index (χ2v) is 3.25. The van der Waals surface area contributed by atoms with Gasteiger partial charge in [0.25, 0.3) is 0 Å². The summed E-state index contributed by atoms with van der Waals surface area (Å²) in [5.41, 5.74) is -4.17. The average molecular weight is 272 g/mol. The van der Waals surface area contributed by atoms with Crippen LogP contribution in [-0.2, 0) is 12.4 Å². The fourth-order valence-corrected chi connectivity index (χ4v) is 1.32. The molecule has 1 aromatic rings. The van der Waals surface area contributed by atoms with Crippen molar-refractivity contribution in [3.8, 4) is 5.75 Å². The van der Waals surface area contributed by atoms with Gasteiger partial charge in [-0.2, -0.15) is 26.3 Å². The molecule has 0 aliphatic rings. The Labute approximate surface area is 97.2 Å². The lowest BCUT2D eigenvalue weighted by Gasteiger charge is -2.16. The molecule has 0 saturated heterocycles. The molecule has 0 amide bonds. The molecule has 0 N–H and O–H groups in total. The van der Waals surface area contributed by atoms with E-state index in [9.17, 15) is 31.1 Å². The number of hydrogen-bond donors (Lipinski definition) is 0. The van der Waals surface area contributed by atoms with Crippen LogP contribution in [0.3, 0.4) is 0 Å². The number of halogens is 6. The minimum absolute atomic E-state index is 0.119. The molecule has 0 aliphatic carbocycles. The lowest BCUT2D eigenvalue weighted by molar-refractivity contribution is -0.143. The summed E-state index contributed by atoms with van der Waals surface area (Å²) >= 11 is 0. The molecule has 0 atom stereocenters. The van der Waals surface area contributed by atoms with E-state index in [1.807, 2.05) is 0 Å². The van der Waals surface area contributed by atoms with Gasteiger partial charge in [-0.05, 0) is 12.1 Å². The Balaban J connectivity index is 3.62. The molecule has 0 aliphatic heterocycles. The number of carbonyl (C=O) groups excluding carboxylic acids is 1. The van der Waals surface area contributed by atoms with Crippen LogP contribution >= 0.6 is 0 Å². The maximum absolute atomic E-state index is 12.5. The zero-order chi connectivity index (χ0) is 14.1. The highest BCUT2D eigenvalue weighted by atomic mass is 19.4. The number of aldehydes is 1. The van der Waals surface area contributed by atoms with E-state index in [4.69, 9.17) is 0 Å². The van der Waals surface area contributed by atoms with Gasteiger partial charge in [-0.25, -0.2) is 0 Å². The van der Waals surface area contributed by atoms with Crippen LogP contribution in [0.2, 0.25) is 0 Å². The van der Waals surface area contributed by atoms with Crippen LogP contribution < -0.4 is 4.74 Å². The molecule has 2 nitrogen and oxygen atoms in total. The zero-order valence-electron chi connectivity index (χ0n) is 8.82. The largest absolute Gasteiger partial charge is 0.496 e. The molecule has 1 rings (SSSR count). The van der Waals surface area contributed by atoms with Crippen LogP contribution in [0.15, 0.2) is 12.1 Å². The second kappa shape index (κ2) is 4.51. The van der Waals surface area contributed by atoms with Gasteiger partial charge in [-0.3, -0.25) is 4.79 Å². The van der Waals surface area contributed by atoms with E-state index in [-0.39, 0.29) is 12.4 Å². The van der Waals surface area contributed by atoms with E-state index in [1.54, 1.807) is 0 Å². The molecule has 8 heteroatoms. The molecule has 0 aromatic heterocycles. The summed E-state index contributed by atoms with van der Waals surface area (Å²) in [6, 6.07) is 0.227. The fraction of sp³-hybridized carbons (Fsp3) is 0.300. The van der Waals surface area contributed by atoms with Gasteiger partial charge in [-0.15, -0.1) is 0 Å². The van der Waals surface area contributed by atoms with Gasteiger partial charge in [0.2, 0.25) is 0 Å². The van der Waals surface area contributed by atoms with Crippen molar-refractivity contribution in [3.63, 3.8) is 0 Å². The third-order valence-electron chi connectivity index (χ3n) is 2.11. The van der Waals surface area contributed by atoms with Crippen LogP contribution in [0.5, 0.6) is 5.75 Å². The van der Waals surface area contributed by atoms with Crippen molar-refractivity contribution in [2.75, 3.05) is 7.11 Å². The van der Waals surface area contributed by atoms with Crippen molar-refractivity contribution in [1.29, 1.82) is 0 Å². The molecule has 0 radical (unpaired) electrons. The predicted molar refractivity (Wildman–Crippen MR) is 48.4 cm³/mol. The van der Waals surface area contributed by atoms with Gasteiger partial charge in [0.1, 0.15) is 5.75 Å². The van der Waals surface area contributed by atoms with E-state index in [1.165, 1.54) is 0 Å². The minimum Gasteiger partial charge on any atom is -0.496 e. The summed E-state index contributed by atoms with van der Waals surface area (Å²) in [4.78, 5) is 10.6. The molecule has 1 aromatic carbocycles. The molecular formula is C10H6F6O2. The van der Waals surface area contributed by atoms with Gasteiger partial charge in [0.05, 0.1) is 23.8 Å². The second-order valence-electron chi connectivity index (χ2n) is 3.25. The zero-order valence-corrected chi connectivity index (χ0v) is 8.82. The third kappa shape index (κ3) is 2.74. The lowest BCUT2D eigenvalue weighted by Crippen LogP contribution is -2.14. The lowest BCUT2D eigenvalue weighted by atomic mass is 10.0. The first kappa shape index (κ1) is 14.3. The monoisotopic (exact) mass is 272 g/mol. The SMILES string of the molecule is COc1cc(C(F)(F)F)cc(C(F)(F)F)c1C=O.